The molecule has 4 rings (SSSR count). The average molecular weight is 427 g/mol. The molecule has 2 amide bonds. The maximum absolute atomic E-state index is 12.4. The third-order valence-electron chi connectivity index (χ3n) is 4.69. The fourth-order valence-electron chi connectivity index (χ4n) is 3.12. The van der Waals surface area contributed by atoms with Crippen LogP contribution in [0.25, 0.3) is 0 Å². The first-order chi connectivity index (χ1) is 13.7. The van der Waals surface area contributed by atoms with Crippen molar-refractivity contribution in [3.63, 3.8) is 0 Å². The van der Waals surface area contributed by atoms with Gasteiger partial charge in [0.2, 0.25) is 5.91 Å². The van der Waals surface area contributed by atoms with E-state index in [0.717, 1.165) is 5.69 Å². The molecular formula is C21H19ClN4O2S. The molecule has 1 N–H and O–H groups in total. The van der Waals surface area contributed by atoms with Crippen LogP contribution in [0, 0.1) is 0 Å². The largest absolute Gasteiger partial charge is 0.320 e. The lowest BCUT2D eigenvalue weighted by Gasteiger charge is -2.21. The van der Waals surface area contributed by atoms with E-state index in [1.807, 2.05) is 24.3 Å². The van der Waals surface area contributed by atoms with Crippen LogP contribution < -0.4 is 10.2 Å². The van der Waals surface area contributed by atoms with Gasteiger partial charge in [-0.25, -0.2) is 0 Å². The quantitative estimate of drug-likeness (QED) is 0.722. The van der Waals surface area contributed by atoms with Crippen LogP contribution in [0.3, 0.4) is 0 Å². The Morgan fingerprint density at radius 2 is 1.79 bits per heavy atom. The smallest absolute Gasteiger partial charge is 0.276 e. The summed E-state index contributed by atoms with van der Waals surface area (Å²) in [7, 11) is 0. The Bertz CT molecular complexity index is 1070. The molecule has 0 spiro atoms. The summed E-state index contributed by atoms with van der Waals surface area (Å²) in [6.07, 6.45) is 0. The van der Waals surface area contributed by atoms with E-state index < -0.39 is 0 Å². The number of rotatable bonds is 2. The Labute approximate surface area is 178 Å². The predicted octanol–water partition coefficient (Wildman–Crippen LogP) is 4.43. The standard InChI is InChI=1S/C21H19ClN4O2S/c1-21(2,3)12-4-7-14(8-5-12)26-17(27)11-29-20(26)25-24-18-15-10-13(22)6-9-16(15)23-19(18)28/h4-10H,11H2,1-3H3,(H,23,24,28). The first kappa shape index (κ1) is 19.7. The highest BCUT2D eigenvalue weighted by molar-refractivity contribution is 8.15. The van der Waals surface area contributed by atoms with Gasteiger partial charge < -0.3 is 5.32 Å². The van der Waals surface area contributed by atoms with E-state index in [9.17, 15) is 9.59 Å². The van der Waals surface area contributed by atoms with Crippen molar-refractivity contribution in [1.29, 1.82) is 0 Å². The van der Waals surface area contributed by atoms with Gasteiger partial charge in [0, 0.05) is 10.6 Å². The Kier molecular flexibility index (Phi) is 4.96. The lowest BCUT2D eigenvalue weighted by atomic mass is 9.87. The number of hydrogen-bond donors (Lipinski definition) is 1. The number of nitrogens with zero attached hydrogens (tertiary/aromatic N) is 3. The zero-order chi connectivity index (χ0) is 20.8. The van der Waals surface area contributed by atoms with Crippen LogP contribution in [0.4, 0.5) is 11.4 Å². The lowest BCUT2D eigenvalue weighted by Crippen LogP contribution is -2.29. The van der Waals surface area contributed by atoms with E-state index in [1.165, 1.54) is 22.2 Å². The van der Waals surface area contributed by atoms with Crippen LogP contribution >= 0.6 is 23.4 Å². The molecule has 6 nitrogen and oxygen atoms in total. The zero-order valence-corrected chi connectivity index (χ0v) is 17.8. The number of halogens is 1. The number of thioether (sulfide) groups is 1. The maximum Gasteiger partial charge on any atom is 0.276 e. The predicted molar refractivity (Wildman–Crippen MR) is 119 cm³/mol. The minimum atomic E-state index is -0.345. The zero-order valence-electron chi connectivity index (χ0n) is 16.2. The Morgan fingerprint density at radius 1 is 1.07 bits per heavy atom. The number of amidine groups is 1. The molecule has 0 atom stereocenters. The summed E-state index contributed by atoms with van der Waals surface area (Å²) < 4.78 is 0. The van der Waals surface area contributed by atoms with E-state index >= 15 is 0 Å². The molecule has 8 heteroatoms. The van der Waals surface area contributed by atoms with Gasteiger partial charge in [0.1, 0.15) is 0 Å². The summed E-state index contributed by atoms with van der Waals surface area (Å²) >= 11 is 7.34. The van der Waals surface area contributed by atoms with Gasteiger partial charge in [-0.1, -0.05) is 56.3 Å². The number of carbonyl (C=O) groups is 2. The average Bonchev–Trinajstić information content (AvgIpc) is 3.18. The molecule has 29 heavy (non-hydrogen) atoms. The van der Waals surface area contributed by atoms with Gasteiger partial charge in [-0.3, -0.25) is 14.5 Å². The summed E-state index contributed by atoms with van der Waals surface area (Å²) in [6.45, 7) is 6.41. The van der Waals surface area contributed by atoms with Crippen molar-refractivity contribution in [2.75, 3.05) is 16.0 Å². The Balaban J connectivity index is 1.67. The number of benzene rings is 2. The van der Waals surface area contributed by atoms with Gasteiger partial charge in [0.05, 0.1) is 17.1 Å². The Hall–Kier alpha value is -2.64. The number of fused-ring (bicyclic) bond motifs is 1. The number of anilines is 2. The van der Waals surface area contributed by atoms with Crippen LogP contribution in [0.5, 0.6) is 0 Å². The van der Waals surface area contributed by atoms with E-state index in [0.29, 0.717) is 21.4 Å². The first-order valence-electron chi connectivity index (χ1n) is 9.07. The van der Waals surface area contributed by atoms with Gasteiger partial charge in [-0.15, -0.1) is 10.2 Å². The van der Waals surface area contributed by atoms with Crippen molar-refractivity contribution < 1.29 is 9.59 Å². The topological polar surface area (TPSA) is 74.1 Å². The first-order valence-corrected chi connectivity index (χ1v) is 10.4. The van der Waals surface area contributed by atoms with Crippen molar-refractivity contribution in [2.24, 2.45) is 10.2 Å². The molecule has 2 aromatic carbocycles. The highest BCUT2D eigenvalue weighted by Crippen LogP contribution is 2.31. The van der Waals surface area contributed by atoms with E-state index in [2.05, 4.69) is 36.3 Å². The molecular weight excluding hydrogens is 408 g/mol. The third-order valence-corrected chi connectivity index (χ3v) is 5.84. The highest BCUT2D eigenvalue weighted by Gasteiger charge is 2.31. The van der Waals surface area contributed by atoms with Crippen LogP contribution in [-0.2, 0) is 15.0 Å². The molecule has 2 aliphatic heterocycles. The minimum absolute atomic E-state index is 0.0235. The summed E-state index contributed by atoms with van der Waals surface area (Å²) in [5.74, 6) is -0.141. The molecule has 148 valence electrons. The summed E-state index contributed by atoms with van der Waals surface area (Å²) in [6, 6.07) is 12.9. The van der Waals surface area contributed by atoms with Crippen molar-refractivity contribution in [3.05, 3.63) is 58.6 Å². The van der Waals surface area contributed by atoms with Gasteiger partial charge in [0.15, 0.2) is 10.9 Å². The van der Waals surface area contributed by atoms with Gasteiger partial charge in [0.25, 0.3) is 5.91 Å². The number of hydrogen-bond acceptors (Lipinski definition) is 5. The molecule has 2 aromatic rings. The van der Waals surface area contributed by atoms with Gasteiger partial charge in [-0.2, -0.15) is 0 Å². The second kappa shape index (κ2) is 7.31. The fourth-order valence-corrected chi connectivity index (χ4v) is 4.11. The molecule has 2 heterocycles. The molecule has 0 bridgehead atoms. The summed E-state index contributed by atoms with van der Waals surface area (Å²) in [5.41, 5.74) is 3.35. The molecule has 1 saturated heterocycles. The molecule has 0 saturated carbocycles. The SMILES string of the molecule is CC(C)(C)c1ccc(N2C(=O)CSC2=NN=C2C(=O)Nc3ccc(Cl)cc32)cc1. The fraction of sp³-hybridized carbons (Fsp3) is 0.238. The number of carbonyl (C=O) groups excluding carboxylic acids is 2. The molecule has 2 aliphatic rings. The molecule has 0 aromatic heterocycles. The summed E-state index contributed by atoms with van der Waals surface area (Å²) in [4.78, 5) is 26.2. The van der Waals surface area contributed by atoms with E-state index in [4.69, 9.17) is 11.6 Å². The molecule has 0 aliphatic carbocycles. The lowest BCUT2D eigenvalue weighted by molar-refractivity contribution is -0.115. The monoisotopic (exact) mass is 426 g/mol. The number of nitrogens with one attached hydrogen (secondary N) is 1. The summed E-state index contributed by atoms with van der Waals surface area (Å²) in [5, 5.41) is 12.1. The van der Waals surface area contributed by atoms with E-state index in [-0.39, 0.29) is 28.7 Å². The third kappa shape index (κ3) is 3.80. The van der Waals surface area contributed by atoms with Gasteiger partial charge >= 0.3 is 0 Å². The van der Waals surface area contributed by atoms with E-state index in [1.54, 1.807) is 18.2 Å². The minimum Gasteiger partial charge on any atom is -0.320 e. The van der Waals surface area contributed by atoms with Crippen LogP contribution in [-0.4, -0.2) is 28.4 Å². The maximum atomic E-state index is 12.4. The van der Waals surface area contributed by atoms with Gasteiger partial charge in [-0.05, 0) is 41.3 Å². The van der Waals surface area contributed by atoms with Crippen molar-refractivity contribution in [1.82, 2.24) is 0 Å². The number of amides is 2. The Morgan fingerprint density at radius 3 is 2.48 bits per heavy atom. The van der Waals surface area contributed by atoms with Crippen molar-refractivity contribution in [3.8, 4) is 0 Å². The normalized spacial score (nSPS) is 19.2. The van der Waals surface area contributed by atoms with Crippen molar-refractivity contribution >= 4 is 57.4 Å². The van der Waals surface area contributed by atoms with Crippen LogP contribution in [0.2, 0.25) is 5.02 Å². The second-order valence-electron chi connectivity index (χ2n) is 7.79. The molecule has 1 fully saturated rings. The molecule has 0 unspecified atom stereocenters. The van der Waals surface area contributed by atoms with Crippen molar-refractivity contribution in [2.45, 2.75) is 26.2 Å². The second-order valence-corrected chi connectivity index (χ2v) is 9.17. The van der Waals surface area contributed by atoms with Crippen LogP contribution in [0.1, 0.15) is 31.9 Å². The molecule has 0 radical (unpaired) electrons. The highest BCUT2D eigenvalue weighted by atomic mass is 35.5. The van der Waals surface area contributed by atoms with Crippen LogP contribution in [0.15, 0.2) is 52.7 Å².